The highest BCUT2D eigenvalue weighted by molar-refractivity contribution is 5.80. The van der Waals surface area contributed by atoms with Crippen LogP contribution >= 0.6 is 0 Å². The number of ether oxygens (including phenoxy) is 1. The molecule has 1 unspecified atom stereocenters. The Bertz CT molecular complexity index is 432. The second kappa shape index (κ2) is 12.9. The first-order chi connectivity index (χ1) is 11.2. The first-order valence-electron chi connectivity index (χ1n) is 8.75. The highest BCUT2D eigenvalue weighted by Crippen LogP contribution is 2.26. The smallest absolute Gasteiger partial charge is 0.328 e. The molecular formula is C20H30O3. The second-order valence-corrected chi connectivity index (χ2v) is 5.97. The molecule has 1 heterocycles. The van der Waals surface area contributed by atoms with Crippen LogP contribution in [0.25, 0.3) is 0 Å². The van der Waals surface area contributed by atoms with Gasteiger partial charge in [-0.2, -0.15) is 0 Å². The van der Waals surface area contributed by atoms with Crippen molar-refractivity contribution in [2.45, 2.75) is 70.5 Å². The molecule has 23 heavy (non-hydrogen) atoms. The summed E-state index contributed by atoms with van der Waals surface area (Å²) in [4.78, 5) is 10.2. The molecule has 128 valence electrons. The zero-order chi connectivity index (χ0) is 16.8. The Hall–Kier alpha value is -1.61. The lowest BCUT2D eigenvalue weighted by Gasteiger charge is -1.99. The van der Waals surface area contributed by atoms with Crippen molar-refractivity contribution in [3.63, 3.8) is 0 Å². The van der Waals surface area contributed by atoms with E-state index in [0.29, 0.717) is 12.2 Å². The maximum atomic E-state index is 10.2. The van der Waals surface area contributed by atoms with Gasteiger partial charge in [0.25, 0.3) is 0 Å². The van der Waals surface area contributed by atoms with Gasteiger partial charge in [0.1, 0.15) is 0 Å². The number of unbranched alkanes of at least 4 members (excludes halogenated alkanes) is 6. The molecule has 0 amide bonds. The van der Waals surface area contributed by atoms with Crippen LogP contribution in [-0.2, 0) is 9.53 Å². The van der Waals surface area contributed by atoms with Crippen molar-refractivity contribution in [1.82, 2.24) is 0 Å². The molecule has 0 aromatic carbocycles. The predicted octanol–water partition coefficient (Wildman–Crippen LogP) is 5.20. The predicted molar refractivity (Wildman–Crippen MR) is 95.5 cm³/mol. The number of hydrogen-bond acceptors (Lipinski definition) is 2. The molecule has 0 aliphatic carbocycles. The van der Waals surface area contributed by atoms with E-state index in [4.69, 9.17) is 9.84 Å². The summed E-state index contributed by atoms with van der Waals surface area (Å²) < 4.78 is 5.40. The molecule has 1 aliphatic rings. The quantitative estimate of drug-likeness (QED) is 0.220. The van der Waals surface area contributed by atoms with Gasteiger partial charge in [-0.3, -0.25) is 0 Å². The largest absolute Gasteiger partial charge is 0.478 e. The van der Waals surface area contributed by atoms with Gasteiger partial charge in [0.05, 0.1) is 12.2 Å². The Morgan fingerprint density at radius 1 is 0.913 bits per heavy atom. The molecule has 0 aromatic heterocycles. The number of aliphatic carboxylic acids is 1. The monoisotopic (exact) mass is 318 g/mol. The van der Waals surface area contributed by atoms with Crippen LogP contribution in [0.3, 0.4) is 0 Å². The Kier molecular flexibility index (Phi) is 10.9. The van der Waals surface area contributed by atoms with Gasteiger partial charge in [-0.05, 0) is 26.2 Å². The SMILES string of the molecule is CC1O[C@@H]1CCCCCCCCC=CC=CC=CC=CC(=O)O. The van der Waals surface area contributed by atoms with Crippen LogP contribution < -0.4 is 0 Å². The zero-order valence-corrected chi connectivity index (χ0v) is 14.2. The number of rotatable bonds is 13. The Labute approximate surface area is 140 Å². The van der Waals surface area contributed by atoms with Gasteiger partial charge in [0.2, 0.25) is 0 Å². The van der Waals surface area contributed by atoms with Crippen molar-refractivity contribution < 1.29 is 14.6 Å². The molecule has 1 aliphatic heterocycles. The fraction of sp³-hybridized carbons (Fsp3) is 0.550. The van der Waals surface area contributed by atoms with Crippen LogP contribution in [0.4, 0.5) is 0 Å². The average Bonchev–Trinajstić information content (AvgIpc) is 3.22. The number of epoxide rings is 1. The van der Waals surface area contributed by atoms with E-state index < -0.39 is 5.97 Å². The third-order valence-corrected chi connectivity index (χ3v) is 3.88. The molecule has 0 radical (unpaired) electrons. The molecule has 0 spiro atoms. The molecule has 1 fully saturated rings. The summed E-state index contributed by atoms with van der Waals surface area (Å²) >= 11 is 0. The van der Waals surface area contributed by atoms with Gasteiger partial charge in [0.15, 0.2) is 0 Å². The van der Waals surface area contributed by atoms with Gasteiger partial charge in [-0.1, -0.05) is 74.6 Å². The van der Waals surface area contributed by atoms with Gasteiger partial charge in [-0.25, -0.2) is 4.79 Å². The first-order valence-corrected chi connectivity index (χ1v) is 8.75. The number of carboxylic acids is 1. The van der Waals surface area contributed by atoms with Crippen LogP contribution in [0.1, 0.15) is 58.3 Å². The highest BCUT2D eigenvalue weighted by atomic mass is 16.6. The molecule has 3 heteroatoms. The lowest BCUT2D eigenvalue weighted by Crippen LogP contribution is -1.89. The van der Waals surface area contributed by atoms with Crippen LogP contribution in [0.2, 0.25) is 0 Å². The van der Waals surface area contributed by atoms with Crippen molar-refractivity contribution in [3.8, 4) is 0 Å². The van der Waals surface area contributed by atoms with Crippen molar-refractivity contribution in [2.24, 2.45) is 0 Å². The van der Waals surface area contributed by atoms with E-state index in [1.54, 1.807) is 6.08 Å². The molecule has 1 saturated heterocycles. The van der Waals surface area contributed by atoms with Gasteiger partial charge < -0.3 is 9.84 Å². The summed E-state index contributed by atoms with van der Waals surface area (Å²) in [5, 5.41) is 8.40. The minimum Gasteiger partial charge on any atom is -0.478 e. The molecule has 0 saturated carbocycles. The average molecular weight is 318 g/mol. The van der Waals surface area contributed by atoms with E-state index in [0.717, 1.165) is 12.5 Å². The normalized spacial score (nSPS) is 21.3. The van der Waals surface area contributed by atoms with Gasteiger partial charge in [0, 0.05) is 6.08 Å². The standard InChI is InChI=1S/C20H30O3/c1-18-19(23-18)16-14-12-10-8-6-4-2-3-5-7-9-11-13-15-17-20(21)22/h3,5,7,9,11,13,15,17-19H,2,4,6,8,10,12,14,16H2,1H3,(H,21,22)/t18?,19-/m1/s1. The molecule has 1 N–H and O–H groups in total. The van der Waals surface area contributed by atoms with Crippen molar-refractivity contribution in [2.75, 3.05) is 0 Å². The fourth-order valence-corrected chi connectivity index (χ4v) is 2.42. The molecule has 2 atom stereocenters. The molecule has 1 rings (SSSR count). The number of allylic oxidation sites excluding steroid dienone is 7. The van der Waals surface area contributed by atoms with E-state index in [9.17, 15) is 4.79 Å². The zero-order valence-electron chi connectivity index (χ0n) is 14.2. The lowest BCUT2D eigenvalue weighted by atomic mass is 10.1. The third kappa shape index (κ3) is 12.6. The summed E-state index contributed by atoms with van der Waals surface area (Å²) in [5.74, 6) is -0.926. The first kappa shape index (κ1) is 19.4. The van der Waals surface area contributed by atoms with Crippen molar-refractivity contribution in [1.29, 1.82) is 0 Å². The summed E-state index contributed by atoms with van der Waals surface area (Å²) in [6.07, 6.45) is 25.6. The van der Waals surface area contributed by atoms with Crippen LogP contribution in [0.15, 0.2) is 48.6 Å². The maximum Gasteiger partial charge on any atom is 0.328 e. The molecule has 0 aromatic rings. The summed E-state index contributed by atoms with van der Waals surface area (Å²) in [5.41, 5.74) is 0. The van der Waals surface area contributed by atoms with Crippen LogP contribution in [-0.4, -0.2) is 23.3 Å². The van der Waals surface area contributed by atoms with Crippen LogP contribution in [0, 0.1) is 0 Å². The van der Waals surface area contributed by atoms with Crippen LogP contribution in [0.5, 0.6) is 0 Å². The Morgan fingerprint density at radius 3 is 2.13 bits per heavy atom. The topological polar surface area (TPSA) is 49.8 Å². The number of hydrogen-bond donors (Lipinski definition) is 1. The van der Waals surface area contributed by atoms with Crippen molar-refractivity contribution >= 4 is 5.97 Å². The summed E-state index contributed by atoms with van der Waals surface area (Å²) in [6.45, 7) is 2.15. The van der Waals surface area contributed by atoms with E-state index in [-0.39, 0.29) is 0 Å². The summed E-state index contributed by atoms with van der Waals surface area (Å²) in [6, 6.07) is 0. The third-order valence-electron chi connectivity index (χ3n) is 3.88. The van der Waals surface area contributed by atoms with E-state index in [2.05, 4.69) is 13.0 Å². The van der Waals surface area contributed by atoms with Gasteiger partial charge >= 0.3 is 5.97 Å². The molecular weight excluding hydrogens is 288 g/mol. The lowest BCUT2D eigenvalue weighted by molar-refractivity contribution is -0.131. The maximum absolute atomic E-state index is 10.2. The Balaban J connectivity index is 1.83. The molecule has 0 bridgehead atoms. The minimum atomic E-state index is -0.926. The van der Waals surface area contributed by atoms with Gasteiger partial charge in [-0.15, -0.1) is 0 Å². The fourth-order valence-electron chi connectivity index (χ4n) is 2.42. The second-order valence-electron chi connectivity index (χ2n) is 5.97. The Morgan fingerprint density at radius 2 is 1.48 bits per heavy atom. The van der Waals surface area contributed by atoms with E-state index in [1.807, 2.05) is 24.3 Å². The van der Waals surface area contributed by atoms with E-state index in [1.165, 1.54) is 51.0 Å². The number of carboxylic acid groups (broad SMARTS) is 1. The minimum absolute atomic E-state index is 0.521. The molecule has 3 nitrogen and oxygen atoms in total. The number of carbonyl (C=O) groups is 1. The summed E-state index contributed by atoms with van der Waals surface area (Å²) in [7, 11) is 0. The van der Waals surface area contributed by atoms with Crippen molar-refractivity contribution in [3.05, 3.63) is 48.6 Å². The van der Waals surface area contributed by atoms with E-state index >= 15 is 0 Å². The highest BCUT2D eigenvalue weighted by Gasteiger charge is 2.32.